The number of rotatable bonds is 11. The largest absolute Gasteiger partial charge is 0.390 e. The molecule has 8 heteroatoms. The molecule has 0 saturated carbocycles. The molecule has 0 bridgehead atoms. The topological polar surface area (TPSA) is 128 Å². The second-order valence-corrected chi connectivity index (χ2v) is 7.61. The van der Waals surface area contributed by atoms with Crippen LogP contribution in [-0.2, 0) is 9.84 Å². The van der Waals surface area contributed by atoms with E-state index in [-0.39, 0.29) is 24.0 Å². The molecule has 0 aliphatic carbocycles. The normalized spacial score (nSPS) is 12.8. The molecule has 0 radical (unpaired) electrons. The Hall–Kier alpha value is -1.64. The van der Waals surface area contributed by atoms with Crippen molar-refractivity contribution < 1.29 is 13.5 Å². The quantitative estimate of drug-likeness (QED) is 0.294. The summed E-state index contributed by atoms with van der Waals surface area (Å²) in [5.74, 6) is 0.0649. The van der Waals surface area contributed by atoms with E-state index in [1.165, 1.54) is 0 Å². The van der Waals surface area contributed by atoms with Crippen molar-refractivity contribution in [3.8, 4) is 0 Å². The first-order valence-electron chi connectivity index (χ1n) is 7.61. The molecule has 0 spiro atoms. The molecule has 0 aliphatic heterocycles. The molecule has 0 aliphatic rings. The number of hydrogen-bond acceptors (Lipinski definition) is 6. The smallest absolute Gasteiger partial charge is 0.163 e. The molecule has 0 aromatic heterocycles. The first kappa shape index (κ1) is 19.4. The van der Waals surface area contributed by atoms with Crippen LogP contribution in [0.3, 0.4) is 0 Å². The SMILES string of the molecule is CCCCS(=O)(=O)CNCC(O)CNc1ccc(C(=N)N)cc1. The van der Waals surface area contributed by atoms with E-state index in [1.807, 2.05) is 6.92 Å². The average Bonchev–Trinajstić information content (AvgIpc) is 2.51. The van der Waals surface area contributed by atoms with Crippen LogP contribution < -0.4 is 16.4 Å². The predicted molar refractivity (Wildman–Crippen MR) is 93.5 cm³/mol. The second-order valence-electron chi connectivity index (χ2n) is 5.43. The van der Waals surface area contributed by atoms with Gasteiger partial charge in [0, 0.05) is 24.3 Å². The molecule has 1 aromatic carbocycles. The predicted octanol–water partition coefficient (Wildman–Crippen LogP) is 0.505. The van der Waals surface area contributed by atoms with Gasteiger partial charge in [-0.25, -0.2) is 8.42 Å². The summed E-state index contributed by atoms with van der Waals surface area (Å²) in [6.45, 7) is 2.44. The van der Waals surface area contributed by atoms with Crippen molar-refractivity contribution in [2.24, 2.45) is 5.73 Å². The van der Waals surface area contributed by atoms with E-state index >= 15 is 0 Å². The van der Waals surface area contributed by atoms with Gasteiger partial charge in [-0.15, -0.1) is 0 Å². The Labute approximate surface area is 137 Å². The van der Waals surface area contributed by atoms with Gasteiger partial charge in [-0.3, -0.25) is 5.41 Å². The lowest BCUT2D eigenvalue weighted by atomic mass is 10.2. The number of nitrogen functional groups attached to an aromatic ring is 1. The third-order valence-electron chi connectivity index (χ3n) is 3.25. The van der Waals surface area contributed by atoms with Crippen molar-refractivity contribution in [2.75, 3.05) is 30.0 Å². The van der Waals surface area contributed by atoms with Gasteiger partial charge in [0.1, 0.15) is 5.84 Å². The highest BCUT2D eigenvalue weighted by Crippen LogP contribution is 2.08. The fourth-order valence-corrected chi connectivity index (χ4v) is 3.19. The standard InChI is InChI=1S/C15H26N4O3S/c1-2-3-8-23(21,22)11-18-9-14(20)10-19-13-6-4-12(5-7-13)15(16)17/h4-7,14,18-20H,2-3,8-11H2,1H3,(H3,16,17). The summed E-state index contributed by atoms with van der Waals surface area (Å²) in [4.78, 5) is 0. The second kappa shape index (κ2) is 9.49. The minimum absolute atomic E-state index is 0.00469. The van der Waals surface area contributed by atoms with Gasteiger partial charge < -0.3 is 21.5 Å². The van der Waals surface area contributed by atoms with E-state index in [1.54, 1.807) is 24.3 Å². The van der Waals surface area contributed by atoms with Crippen molar-refractivity contribution in [3.05, 3.63) is 29.8 Å². The van der Waals surface area contributed by atoms with Crippen LogP contribution in [0.1, 0.15) is 25.3 Å². The molecular weight excluding hydrogens is 316 g/mol. The van der Waals surface area contributed by atoms with Gasteiger partial charge in [-0.05, 0) is 30.7 Å². The number of anilines is 1. The van der Waals surface area contributed by atoms with Crippen molar-refractivity contribution in [1.29, 1.82) is 5.41 Å². The Morgan fingerprint density at radius 3 is 2.52 bits per heavy atom. The van der Waals surface area contributed by atoms with Crippen LogP contribution in [0.25, 0.3) is 0 Å². The Balaban J connectivity index is 2.29. The highest BCUT2D eigenvalue weighted by molar-refractivity contribution is 7.91. The van der Waals surface area contributed by atoms with E-state index < -0.39 is 15.9 Å². The maximum atomic E-state index is 11.6. The van der Waals surface area contributed by atoms with Gasteiger partial charge in [-0.1, -0.05) is 13.3 Å². The lowest BCUT2D eigenvalue weighted by Gasteiger charge is -2.14. The van der Waals surface area contributed by atoms with Gasteiger partial charge in [0.05, 0.1) is 17.7 Å². The molecule has 1 atom stereocenters. The van der Waals surface area contributed by atoms with E-state index in [4.69, 9.17) is 11.1 Å². The molecular formula is C15H26N4O3S. The van der Waals surface area contributed by atoms with Gasteiger partial charge in [-0.2, -0.15) is 0 Å². The van der Waals surface area contributed by atoms with Crippen LogP contribution in [0.15, 0.2) is 24.3 Å². The van der Waals surface area contributed by atoms with Crippen LogP contribution in [0.2, 0.25) is 0 Å². The summed E-state index contributed by atoms with van der Waals surface area (Å²) in [6.07, 6.45) is 0.794. The van der Waals surface area contributed by atoms with Crippen LogP contribution in [0, 0.1) is 5.41 Å². The summed E-state index contributed by atoms with van der Waals surface area (Å²) in [5.41, 5.74) is 6.80. The van der Waals surface area contributed by atoms with E-state index in [2.05, 4.69) is 10.6 Å². The first-order chi connectivity index (χ1) is 10.8. The zero-order chi connectivity index (χ0) is 17.3. The number of hydrogen-bond donors (Lipinski definition) is 5. The minimum atomic E-state index is -3.09. The third-order valence-corrected chi connectivity index (χ3v) is 4.80. The molecule has 1 rings (SSSR count). The lowest BCUT2D eigenvalue weighted by Crippen LogP contribution is -2.35. The minimum Gasteiger partial charge on any atom is -0.390 e. The highest BCUT2D eigenvalue weighted by Gasteiger charge is 2.11. The Morgan fingerprint density at radius 2 is 1.96 bits per heavy atom. The Bertz CT molecular complexity index is 587. The zero-order valence-corrected chi connectivity index (χ0v) is 14.2. The van der Waals surface area contributed by atoms with Gasteiger partial charge in [0.15, 0.2) is 9.84 Å². The molecule has 130 valence electrons. The number of amidine groups is 1. The number of sulfone groups is 1. The van der Waals surface area contributed by atoms with Crippen LogP contribution in [0.5, 0.6) is 0 Å². The molecule has 0 saturated heterocycles. The molecule has 1 aromatic rings. The fraction of sp³-hybridized carbons (Fsp3) is 0.533. The maximum absolute atomic E-state index is 11.6. The zero-order valence-electron chi connectivity index (χ0n) is 13.4. The van der Waals surface area contributed by atoms with Gasteiger partial charge >= 0.3 is 0 Å². The number of aliphatic hydroxyl groups is 1. The van der Waals surface area contributed by atoms with Gasteiger partial charge in [0.25, 0.3) is 0 Å². The lowest BCUT2D eigenvalue weighted by molar-refractivity contribution is 0.186. The maximum Gasteiger partial charge on any atom is 0.163 e. The number of benzene rings is 1. The number of nitrogens with two attached hydrogens (primary N) is 1. The first-order valence-corrected chi connectivity index (χ1v) is 9.43. The summed E-state index contributed by atoms with van der Waals surface area (Å²) in [5, 5.41) is 23.0. The Kier molecular flexibility index (Phi) is 8.01. The monoisotopic (exact) mass is 342 g/mol. The van der Waals surface area contributed by atoms with Crippen molar-refractivity contribution >= 4 is 21.4 Å². The Morgan fingerprint density at radius 1 is 1.30 bits per heavy atom. The molecule has 1 unspecified atom stereocenters. The highest BCUT2D eigenvalue weighted by atomic mass is 32.2. The summed E-state index contributed by atoms with van der Waals surface area (Å²) in [6, 6.07) is 6.98. The average molecular weight is 342 g/mol. The number of nitrogens with one attached hydrogen (secondary N) is 3. The van der Waals surface area contributed by atoms with Gasteiger partial charge in [0.2, 0.25) is 0 Å². The van der Waals surface area contributed by atoms with Crippen molar-refractivity contribution in [2.45, 2.75) is 25.9 Å². The van der Waals surface area contributed by atoms with Crippen LogP contribution >= 0.6 is 0 Å². The summed E-state index contributed by atoms with van der Waals surface area (Å²) in [7, 11) is -3.09. The number of aliphatic hydroxyl groups excluding tert-OH is 1. The van der Waals surface area contributed by atoms with Crippen LogP contribution in [-0.4, -0.2) is 50.2 Å². The van der Waals surface area contributed by atoms with E-state index in [0.29, 0.717) is 18.5 Å². The molecule has 0 amide bonds. The molecule has 7 nitrogen and oxygen atoms in total. The van der Waals surface area contributed by atoms with Crippen molar-refractivity contribution in [3.63, 3.8) is 0 Å². The third kappa shape index (κ3) is 7.96. The van der Waals surface area contributed by atoms with Crippen molar-refractivity contribution in [1.82, 2.24) is 5.32 Å². The van der Waals surface area contributed by atoms with Crippen LogP contribution in [0.4, 0.5) is 5.69 Å². The summed E-state index contributed by atoms with van der Waals surface area (Å²) >= 11 is 0. The fourth-order valence-electron chi connectivity index (χ4n) is 1.89. The molecule has 0 heterocycles. The molecule has 6 N–H and O–H groups in total. The number of unbranched alkanes of at least 4 members (excludes halogenated alkanes) is 1. The van der Waals surface area contributed by atoms with E-state index in [9.17, 15) is 13.5 Å². The molecule has 23 heavy (non-hydrogen) atoms. The summed E-state index contributed by atoms with van der Waals surface area (Å²) < 4.78 is 23.3. The molecule has 0 fully saturated rings. The van der Waals surface area contributed by atoms with E-state index in [0.717, 1.165) is 12.1 Å².